The van der Waals surface area contributed by atoms with Crippen LogP contribution in [0.25, 0.3) is 0 Å². The molecule has 0 aliphatic carbocycles. The van der Waals surface area contributed by atoms with Crippen molar-refractivity contribution in [3.05, 3.63) is 52.2 Å². The van der Waals surface area contributed by atoms with E-state index in [9.17, 15) is 0 Å². The van der Waals surface area contributed by atoms with Crippen LogP contribution in [-0.2, 0) is 6.42 Å². The monoisotopic (exact) mass is 261 g/mol. The van der Waals surface area contributed by atoms with Crippen molar-refractivity contribution in [3.63, 3.8) is 0 Å². The first-order valence-corrected chi connectivity index (χ1v) is 7.09. The van der Waals surface area contributed by atoms with Crippen LogP contribution < -0.4 is 10.5 Å². The second-order valence-electron chi connectivity index (χ2n) is 4.37. The number of aryl methyl sites for hydroxylation is 1. The average Bonchev–Trinajstić information content (AvgIpc) is 2.89. The molecule has 2 aromatic rings. The predicted molar refractivity (Wildman–Crippen MR) is 77.2 cm³/mol. The van der Waals surface area contributed by atoms with Crippen molar-refractivity contribution in [2.75, 3.05) is 7.11 Å². The van der Waals surface area contributed by atoms with Crippen LogP contribution in [0.3, 0.4) is 0 Å². The van der Waals surface area contributed by atoms with Crippen molar-refractivity contribution in [2.45, 2.75) is 25.3 Å². The highest BCUT2D eigenvalue weighted by atomic mass is 32.1. The second-order valence-corrected chi connectivity index (χ2v) is 5.32. The maximum Gasteiger partial charge on any atom is 0.129 e. The largest absolute Gasteiger partial charge is 0.496 e. The molecule has 1 heterocycles. The van der Waals surface area contributed by atoms with Gasteiger partial charge in [0.25, 0.3) is 0 Å². The van der Waals surface area contributed by atoms with Crippen molar-refractivity contribution in [3.8, 4) is 5.75 Å². The van der Waals surface area contributed by atoms with E-state index in [0.29, 0.717) is 0 Å². The first-order valence-electron chi connectivity index (χ1n) is 6.21. The lowest BCUT2D eigenvalue weighted by molar-refractivity contribution is 0.416. The Kier molecular flexibility index (Phi) is 4.79. The molecule has 1 aromatic heterocycles. The number of ether oxygens (including phenoxy) is 1. The van der Waals surface area contributed by atoms with E-state index in [4.69, 9.17) is 10.5 Å². The molecule has 2 rings (SSSR count). The Hall–Kier alpha value is -1.32. The third-order valence-corrected chi connectivity index (χ3v) is 4.06. The fourth-order valence-electron chi connectivity index (χ4n) is 1.95. The Morgan fingerprint density at radius 2 is 2.06 bits per heavy atom. The second kappa shape index (κ2) is 6.57. The molecule has 1 unspecified atom stereocenters. The van der Waals surface area contributed by atoms with E-state index in [0.717, 1.165) is 25.0 Å². The third-order valence-electron chi connectivity index (χ3n) is 3.02. The summed E-state index contributed by atoms with van der Waals surface area (Å²) in [6.07, 6.45) is 3.22. The van der Waals surface area contributed by atoms with Gasteiger partial charge in [-0.25, -0.2) is 0 Å². The Labute approximate surface area is 112 Å². The van der Waals surface area contributed by atoms with Gasteiger partial charge in [0, 0.05) is 16.3 Å². The van der Waals surface area contributed by atoms with E-state index in [1.165, 1.54) is 10.4 Å². The fourth-order valence-corrected chi connectivity index (χ4v) is 2.84. The van der Waals surface area contributed by atoms with Crippen LogP contribution in [0.5, 0.6) is 5.75 Å². The normalized spacial score (nSPS) is 12.3. The molecule has 0 aliphatic heterocycles. The lowest BCUT2D eigenvalue weighted by Gasteiger charge is -2.09. The van der Waals surface area contributed by atoms with Gasteiger partial charge in [-0.15, -0.1) is 11.3 Å². The summed E-state index contributed by atoms with van der Waals surface area (Å²) in [5.74, 6) is 0.911. The quantitative estimate of drug-likeness (QED) is 0.859. The van der Waals surface area contributed by atoms with Crippen molar-refractivity contribution in [2.24, 2.45) is 5.73 Å². The van der Waals surface area contributed by atoms with Crippen LogP contribution >= 0.6 is 11.3 Å². The van der Waals surface area contributed by atoms with Gasteiger partial charge in [-0.3, -0.25) is 0 Å². The average molecular weight is 261 g/mol. The number of hydrogen-bond acceptors (Lipinski definition) is 3. The standard InChI is InChI=1S/C15H19NOS/c1-17-13-10-15(18-11-13)14(16)9-5-8-12-6-3-2-4-7-12/h2-4,6-7,10-11,14H,5,8-9,16H2,1H3. The summed E-state index contributed by atoms with van der Waals surface area (Å²) in [7, 11) is 1.69. The highest BCUT2D eigenvalue weighted by Crippen LogP contribution is 2.28. The molecule has 2 N–H and O–H groups in total. The topological polar surface area (TPSA) is 35.2 Å². The number of rotatable bonds is 6. The van der Waals surface area contributed by atoms with Gasteiger partial charge in [0.05, 0.1) is 7.11 Å². The first-order chi connectivity index (χ1) is 8.79. The van der Waals surface area contributed by atoms with Gasteiger partial charge in [0.2, 0.25) is 0 Å². The number of benzene rings is 1. The number of hydrogen-bond donors (Lipinski definition) is 1. The summed E-state index contributed by atoms with van der Waals surface area (Å²) in [5.41, 5.74) is 7.56. The Morgan fingerprint density at radius 3 is 2.72 bits per heavy atom. The Bertz CT molecular complexity index is 466. The van der Waals surface area contributed by atoms with E-state index in [-0.39, 0.29) is 6.04 Å². The summed E-state index contributed by atoms with van der Waals surface area (Å²) in [4.78, 5) is 1.21. The van der Waals surface area contributed by atoms with E-state index in [1.807, 2.05) is 17.5 Å². The van der Waals surface area contributed by atoms with Crippen LogP contribution in [0.15, 0.2) is 41.8 Å². The molecule has 18 heavy (non-hydrogen) atoms. The van der Waals surface area contributed by atoms with Crippen LogP contribution in [0.4, 0.5) is 0 Å². The van der Waals surface area contributed by atoms with Crippen LogP contribution in [0.1, 0.15) is 29.3 Å². The summed E-state index contributed by atoms with van der Waals surface area (Å²) < 4.78 is 5.17. The lowest BCUT2D eigenvalue weighted by Crippen LogP contribution is -2.08. The maximum atomic E-state index is 6.18. The van der Waals surface area contributed by atoms with Crippen molar-refractivity contribution in [1.29, 1.82) is 0 Å². The zero-order valence-electron chi connectivity index (χ0n) is 10.6. The number of methoxy groups -OCH3 is 1. The van der Waals surface area contributed by atoms with E-state index in [1.54, 1.807) is 18.4 Å². The molecule has 0 amide bonds. The third kappa shape index (κ3) is 3.59. The molecule has 1 atom stereocenters. The minimum atomic E-state index is 0.127. The molecule has 0 saturated carbocycles. The van der Waals surface area contributed by atoms with Gasteiger partial charge in [-0.05, 0) is 30.9 Å². The van der Waals surface area contributed by atoms with Gasteiger partial charge >= 0.3 is 0 Å². The minimum absolute atomic E-state index is 0.127. The highest BCUT2D eigenvalue weighted by Gasteiger charge is 2.09. The molecule has 0 saturated heterocycles. The molecule has 0 fully saturated rings. The molecule has 0 bridgehead atoms. The maximum absolute atomic E-state index is 6.18. The van der Waals surface area contributed by atoms with Gasteiger partial charge in [0.1, 0.15) is 5.75 Å². The number of nitrogens with two attached hydrogens (primary N) is 1. The lowest BCUT2D eigenvalue weighted by atomic mass is 10.0. The van der Waals surface area contributed by atoms with E-state index < -0.39 is 0 Å². The van der Waals surface area contributed by atoms with Crippen molar-refractivity contribution >= 4 is 11.3 Å². The molecule has 0 radical (unpaired) electrons. The highest BCUT2D eigenvalue weighted by molar-refractivity contribution is 7.10. The van der Waals surface area contributed by atoms with Crippen LogP contribution in [0.2, 0.25) is 0 Å². The zero-order valence-corrected chi connectivity index (χ0v) is 11.5. The SMILES string of the molecule is COc1csc(C(N)CCCc2ccccc2)c1. The van der Waals surface area contributed by atoms with Crippen molar-refractivity contribution in [1.82, 2.24) is 0 Å². The molecule has 96 valence electrons. The predicted octanol–water partition coefficient (Wildman–Crippen LogP) is 3.78. The Morgan fingerprint density at radius 1 is 1.28 bits per heavy atom. The fraction of sp³-hybridized carbons (Fsp3) is 0.333. The summed E-state index contributed by atoms with van der Waals surface area (Å²) in [5, 5.41) is 2.01. The summed E-state index contributed by atoms with van der Waals surface area (Å²) in [6.45, 7) is 0. The molecular formula is C15H19NOS. The smallest absolute Gasteiger partial charge is 0.129 e. The molecule has 3 heteroatoms. The number of thiophene rings is 1. The van der Waals surface area contributed by atoms with Gasteiger partial charge < -0.3 is 10.5 Å². The molecule has 2 nitrogen and oxygen atoms in total. The van der Waals surface area contributed by atoms with Crippen LogP contribution in [-0.4, -0.2) is 7.11 Å². The van der Waals surface area contributed by atoms with Gasteiger partial charge in [-0.1, -0.05) is 30.3 Å². The summed E-state index contributed by atoms with van der Waals surface area (Å²) in [6, 6.07) is 12.7. The van der Waals surface area contributed by atoms with Gasteiger partial charge in [-0.2, -0.15) is 0 Å². The molecule has 0 spiro atoms. The molecule has 1 aromatic carbocycles. The molecule has 0 aliphatic rings. The molecular weight excluding hydrogens is 242 g/mol. The van der Waals surface area contributed by atoms with Crippen molar-refractivity contribution < 1.29 is 4.74 Å². The summed E-state index contributed by atoms with van der Waals surface area (Å²) >= 11 is 1.68. The van der Waals surface area contributed by atoms with E-state index in [2.05, 4.69) is 24.3 Å². The van der Waals surface area contributed by atoms with E-state index >= 15 is 0 Å². The van der Waals surface area contributed by atoms with Crippen LogP contribution in [0, 0.1) is 0 Å². The van der Waals surface area contributed by atoms with Gasteiger partial charge in [0.15, 0.2) is 0 Å². The zero-order chi connectivity index (χ0) is 12.8. The minimum Gasteiger partial charge on any atom is -0.496 e. The Balaban J connectivity index is 1.79. The first kappa shape index (κ1) is 13.1.